The number of hydrogen-bond acceptors (Lipinski definition) is 7. The monoisotopic (exact) mass is 337 g/mol. The molecular weight excluding hydrogens is 318 g/mol. The second-order valence-electron chi connectivity index (χ2n) is 5.08. The van der Waals surface area contributed by atoms with Gasteiger partial charge < -0.3 is 5.43 Å². The number of anilines is 1. The van der Waals surface area contributed by atoms with Crippen LogP contribution >= 0.6 is 0 Å². The van der Waals surface area contributed by atoms with Crippen molar-refractivity contribution in [3.63, 3.8) is 0 Å². The Hall–Kier alpha value is -1.27. The van der Waals surface area contributed by atoms with E-state index in [2.05, 4.69) is 19.9 Å². The van der Waals surface area contributed by atoms with E-state index in [1.165, 1.54) is 18.3 Å². The number of nitrogens with two attached hydrogens (primary N) is 1. The first-order valence-corrected chi connectivity index (χ1v) is 9.24. The SMILES string of the molecule is CC(C)(CNS(=O)(=O)c1ncccc1NN)NS(C)(=O)=O. The molecule has 0 amide bonds. The maximum absolute atomic E-state index is 12.2. The summed E-state index contributed by atoms with van der Waals surface area (Å²) in [5, 5.41) is -0.261. The van der Waals surface area contributed by atoms with Crippen molar-refractivity contribution in [2.45, 2.75) is 24.4 Å². The molecule has 9 nitrogen and oxygen atoms in total. The molecule has 21 heavy (non-hydrogen) atoms. The van der Waals surface area contributed by atoms with Crippen LogP contribution in [-0.4, -0.2) is 40.2 Å². The molecule has 0 unspecified atom stereocenters. The van der Waals surface area contributed by atoms with Gasteiger partial charge >= 0.3 is 0 Å². The number of rotatable bonds is 7. The van der Waals surface area contributed by atoms with E-state index < -0.39 is 25.6 Å². The number of nitrogens with one attached hydrogen (secondary N) is 3. The molecule has 1 aromatic heterocycles. The van der Waals surface area contributed by atoms with E-state index in [0.717, 1.165) is 6.26 Å². The van der Waals surface area contributed by atoms with Crippen LogP contribution in [0.25, 0.3) is 0 Å². The number of nitrogen functional groups attached to an aromatic ring is 1. The van der Waals surface area contributed by atoms with Crippen molar-refractivity contribution in [3.8, 4) is 0 Å². The minimum absolute atomic E-state index is 0.138. The van der Waals surface area contributed by atoms with Crippen LogP contribution < -0.4 is 20.7 Å². The largest absolute Gasteiger partial charge is 0.321 e. The molecule has 0 saturated carbocycles. The van der Waals surface area contributed by atoms with Crippen LogP contribution in [0.15, 0.2) is 23.4 Å². The topological polar surface area (TPSA) is 143 Å². The summed E-state index contributed by atoms with van der Waals surface area (Å²) in [5.41, 5.74) is 1.39. The molecule has 11 heteroatoms. The first-order chi connectivity index (χ1) is 9.47. The summed E-state index contributed by atoms with van der Waals surface area (Å²) in [5.74, 6) is 5.24. The molecule has 0 saturated heterocycles. The number of hydrazine groups is 1. The van der Waals surface area contributed by atoms with Crippen molar-refractivity contribution >= 4 is 25.7 Å². The Morgan fingerprint density at radius 3 is 2.43 bits per heavy atom. The lowest BCUT2D eigenvalue weighted by molar-refractivity contribution is 0.445. The smallest absolute Gasteiger partial charge is 0.260 e. The fourth-order valence-corrected chi connectivity index (χ4v) is 3.98. The lowest BCUT2D eigenvalue weighted by Crippen LogP contribution is -2.51. The predicted molar refractivity (Wildman–Crippen MR) is 79.3 cm³/mol. The molecule has 0 atom stereocenters. The Morgan fingerprint density at radius 2 is 1.90 bits per heavy atom. The number of hydrogen-bond donors (Lipinski definition) is 4. The van der Waals surface area contributed by atoms with E-state index in [4.69, 9.17) is 5.84 Å². The van der Waals surface area contributed by atoms with Crippen LogP contribution in [0.2, 0.25) is 0 Å². The summed E-state index contributed by atoms with van der Waals surface area (Å²) in [6, 6.07) is 2.99. The Labute approximate surface area is 124 Å². The van der Waals surface area contributed by atoms with Crippen molar-refractivity contribution < 1.29 is 16.8 Å². The van der Waals surface area contributed by atoms with Gasteiger partial charge in [-0.05, 0) is 26.0 Å². The zero-order valence-corrected chi connectivity index (χ0v) is 13.5. The molecule has 0 radical (unpaired) electrons. The molecule has 0 bridgehead atoms. The van der Waals surface area contributed by atoms with E-state index in [9.17, 15) is 16.8 Å². The summed E-state index contributed by atoms with van der Waals surface area (Å²) in [7, 11) is -7.39. The van der Waals surface area contributed by atoms with Crippen LogP contribution in [0.1, 0.15) is 13.8 Å². The molecule has 0 aliphatic heterocycles. The average molecular weight is 337 g/mol. The van der Waals surface area contributed by atoms with Gasteiger partial charge in [-0.2, -0.15) is 0 Å². The molecule has 120 valence electrons. The molecule has 0 aliphatic carbocycles. The molecule has 5 N–H and O–H groups in total. The number of aromatic nitrogens is 1. The van der Waals surface area contributed by atoms with E-state index in [1.54, 1.807) is 13.8 Å². The van der Waals surface area contributed by atoms with Crippen molar-refractivity contribution in [1.82, 2.24) is 14.4 Å². The van der Waals surface area contributed by atoms with Crippen LogP contribution in [0, 0.1) is 0 Å². The second kappa shape index (κ2) is 6.23. The van der Waals surface area contributed by atoms with Gasteiger partial charge in [0.05, 0.1) is 11.9 Å². The van der Waals surface area contributed by atoms with Crippen molar-refractivity contribution in [1.29, 1.82) is 0 Å². The first-order valence-electron chi connectivity index (χ1n) is 5.87. The van der Waals surface area contributed by atoms with Gasteiger partial charge in [0.15, 0.2) is 5.03 Å². The zero-order valence-electron chi connectivity index (χ0n) is 11.9. The highest BCUT2D eigenvalue weighted by Crippen LogP contribution is 2.16. The molecular formula is C10H19N5O4S2. The lowest BCUT2D eigenvalue weighted by Gasteiger charge is -2.25. The molecule has 0 aromatic carbocycles. The Kier molecular flexibility index (Phi) is 5.28. The minimum Gasteiger partial charge on any atom is -0.321 e. The summed E-state index contributed by atoms with van der Waals surface area (Å²) < 4.78 is 51.4. The van der Waals surface area contributed by atoms with E-state index in [-0.39, 0.29) is 17.3 Å². The standard InChI is InChI=1S/C10H19N5O4S2/c1-10(2,15-20(3,16)17)7-13-21(18,19)9-8(14-11)5-4-6-12-9/h4-6,13-15H,7,11H2,1-3H3. The normalized spacial score (nSPS) is 13.1. The third-order valence-corrected chi connectivity index (χ3v) is 4.63. The van der Waals surface area contributed by atoms with Gasteiger partial charge in [-0.1, -0.05) is 0 Å². The van der Waals surface area contributed by atoms with Gasteiger partial charge in [-0.25, -0.2) is 31.3 Å². The lowest BCUT2D eigenvalue weighted by atomic mass is 10.1. The third-order valence-electron chi connectivity index (χ3n) is 2.35. The van der Waals surface area contributed by atoms with Gasteiger partial charge in [-0.15, -0.1) is 0 Å². The van der Waals surface area contributed by atoms with E-state index in [0.29, 0.717) is 0 Å². The van der Waals surface area contributed by atoms with E-state index >= 15 is 0 Å². The quantitative estimate of drug-likeness (QED) is 0.368. The average Bonchev–Trinajstić information content (AvgIpc) is 2.34. The zero-order chi connectivity index (χ0) is 16.3. The molecule has 0 aliphatic rings. The van der Waals surface area contributed by atoms with Gasteiger partial charge in [0.25, 0.3) is 10.0 Å². The van der Waals surface area contributed by atoms with Crippen LogP contribution in [0.5, 0.6) is 0 Å². The third kappa shape index (κ3) is 5.55. The highest BCUT2D eigenvalue weighted by atomic mass is 32.2. The maximum Gasteiger partial charge on any atom is 0.260 e. The Bertz CT molecular complexity index is 700. The van der Waals surface area contributed by atoms with Crippen LogP contribution in [-0.2, 0) is 20.0 Å². The van der Waals surface area contributed by atoms with Crippen LogP contribution in [0.4, 0.5) is 5.69 Å². The summed E-state index contributed by atoms with van der Waals surface area (Å²) in [6.45, 7) is 2.96. The Morgan fingerprint density at radius 1 is 1.29 bits per heavy atom. The molecule has 1 rings (SSSR count). The molecule has 1 heterocycles. The van der Waals surface area contributed by atoms with Gasteiger partial charge in [0, 0.05) is 18.3 Å². The molecule has 1 aromatic rings. The maximum atomic E-state index is 12.2. The van der Waals surface area contributed by atoms with E-state index in [1.807, 2.05) is 0 Å². The summed E-state index contributed by atoms with van der Waals surface area (Å²) in [6.07, 6.45) is 2.31. The minimum atomic E-state index is -3.93. The number of sulfonamides is 2. The van der Waals surface area contributed by atoms with Crippen molar-refractivity contribution in [2.75, 3.05) is 18.2 Å². The fraction of sp³-hybridized carbons (Fsp3) is 0.500. The van der Waals surface area contributed by atoms with Crippen molar-refractivity contribution in [2.24, 2.45) is 5.84 Å². The second-order valence-corrected chi connectivity index (χ2v) is 8.51. The molecule has 0 fully saturated rings. The summed E-state index contributed by atoms with van der Waals surface area (Å²) >= 11 is 0. The van der Waals surface area contributed by atoms with Crippen molar-refractivity contribution in [3.05, 3.63) is 18.3 Å². The van der Waals surface area contributed by atoms with Gasteiger partial charge in [0.2, 0.25) is 10.0 Å². The first kappa shape index (κ1) is 17.8. The van der Waals surface area contributed by atoms with Crippen LogP contribution in [0.3, 0.4) is 0 Å². The highest BCUT2D eigenvalue weighted by Gasteiger charge is 2.27. The van der Waals surface area contributed by atoms with Gasteiger partial charge in [0.1, 0.15) is 0 Å². The number of nitrogens with zero attached hydrogens (tertiary/aromatic N) is 1. The predicted octanol–water partition coefficient (Wildman–Crippen LogP) is -1.03. The Balaban J connectivity index is 2.92. The highest BCUT2D eigenvalue weighted by molar-refractivity contribution is 7.89. The molecule has 0 spiro atoms. The van der Waals surface area contributed by atoms with Gasteiger partial charge in [-0.3, -0.25) is 5.84 Å². The summed E-state index contributed by atoms with van der Waals surface area (Å²) in [4.78, 5) is 3.76. The fourth-order valence-electron chi connectivity index (χ4n) is 1.60. The number of pyridine rings is 1.